The van der Waals surface area contributed by atoms with Crippen LogP contribution in [0.2, 0.25) is 0 Å². The lowest BCUT2D eigenvalue weighted by molar-refractivity contribution is -0.136. The van der Waals surface area contributed by atoms with Crippen molar-refractivity contribution in [2.45, 2.75) is 63.1 Å². The highest BCUT2D eigenvalue weighted by Gasteiger charge is 2.46. The predicted octanol–water partition coefficient (Wildman–Crippen LogP) is 0.901. The van der Waals surface area contributed by atoms with E-state index in [1.54, 1.807) is 0 Å². The number of nitrogens with two attached hydrogens (primary N) is 1. The van der Waals surface area contributed by atoms with Gasteiger partial charge in [-0.15, -0.1) is 12.4 Å². The lowest BCUT2D eigenvalue weighted by atomic mass is 9.97. The van der Waals surface area contributed by atoms with E-state index in [1.807, 2.05) is 9.80 Å². The van der Waals surface area contributed by atoms with Crippen LogP contribution >= 0.6 is 12.4 Å². The van der Waals surface area contributed by atoms with Gasteiger partial charge in [0.15, 0.2) is 0 Å². The fourth-order valence-electron chi connectivity index (χ4n) is 3.88. The van der Waals surface area contributed by atoms with Gasteiger partial charge in [-0.3, -0.25) is 9.59 Å². The third-order valence-corrected chi connectivity index (χ3v) is 4.89. The Bertz CT molecular complexity index is 391. The molecule has 114 valence electrons. The number of halogens is 1. The van der Waals surface area contributed by atoms with E-state index in [2.05, 4.69) is 0 Å². The van der Waals surface area contributed by atoms with Crippen LogP contribution < -0.4 is 5.73 Å². The Hall–Kier alpha value is -0.810. The Morgan fingerprint density at radius 3 is 2.70 bits per heavy atom. The molecule has 0 saturated carbocycles. The summed E-state index contributed by atoms with van der Waals surface area (Å²) in [7, 11) is 0. The van der Waals surface area contributed by atoms with Crippen molar-refractivity contribution in [3.63, 3.8) is 0 Å². The molecule has 3 heterocycles. The van der Waals surface area contributed by atoms with Gasteiger partial charge in [0, 0.05) is 44.1 Å². The number of hydrogen-bond acceptors (Lipinski definition) is 3. The van der Waals surface area contributed by atoms with E-state index in [4.69, 9.17) is 5.73 Å². The second kappa shape index (κ2) is 6.31. The summed E-state index contributed by atoms with van der Waals surface area (Å²) >= 11 is 0. The van der Waals surface area contributed by atoms with Gasteiger partial charge in [0.05, 0.1) is 0 Å². The monoisotopic (exact) mass is 301 g/mol. The van der Waals surface area contributed by atoms with Crippen molar-refractivity contribution in [2.75, 3.05) is 13.1 Å². The van der Waals surface area contributed by atoms with Crippen molar-refractivity contribution in [2.24, 2.45) is 5.73 Å². The molecular formula is C14H24ClN3O2. The van der Waals surface area contributed by atoms with Crippen LogP contribution in [0.3, 0.4) is 0 Å². The minimum absolute atomic E-state index is 0. The third-order valence-electron chi connectivity index (χ3n) is 4.89. The molecule has 20 heavy (non-hydrogen) atoms. The Morgan fingerprint density at radius 1 is 1.30 bits per heavy atom. The number of rotatable bonds is 3. The van der Waals surface area contributed by atoms with E-state index in [-0.39, 0.29) is 36.3 Å². The van der Waals surface area contributed by atoms with Crippen molar-refractivity contribution in [1.82, 2.24) is 9.80 Å². The summed E-state index contributed by atoms with van der Waals surface area (Å²) < 4.78 is 0. The first-order chi connectivity index (χ1) is 9.16. The summed E-state index contributed by atoms with van der Waals surface area (Å²) in [5, 5.41) is 0. The van der Waals surface area contributed by atoms with E-state index < -0.39 is 0 Å². The molecule has 2 bridgehead atoms. The molecule has 3 aliphatic rings. The summed E-state index contributed by atoms with van der Waals surface area (Å²) in [5.41, 5.74) is 6.05. The average molecular weight is 302 g/mol. The quantitative estimate of drug-likeness (QED) is 0.842. The molecule has 0 aromatic rings. The second-order valence-corrected chi connectivity index (χ2v) is 6.09. The van der Waals surface area contributed by atoms with Crippen LogP contribution in [-0.2, 0) is 9.59 Å². The summed E-state index contributed by atoms with van der Waals surface area (Å²) in [6, 6.07) is 0.790. The first kappa shape index (κ1) is 15.6. The number of likely N-dealkylation sites (tertiary alicyclic amines) is 1. The lowest BCUT2D eigenvalue weighted by Gasteiger charge is -2.28. The first-order valence-corrected chi connectivity index (χ1v) is 7.51. The molecule has 0 radical (unpaired) electrons. The van der Waals surface area contributed by atoms with Crippen LogP contribution in [-0.4, -0.2) is 52.8 Å². The van der Waals surface area contributed by atoms with Crippen LogP contribution in [0.1, 0.15) is 44.9 Å². The fourth-order valence-corrected chi connectivity index (χ4v) is 3.88. The maximum Gasteiger partial charge on any atom is 0.224 e. The van der Waals surface area contributed by atoms with Crippen molar-refractivity contribution >= 4 is 24.2 Å². The number of carbonyl (C=O) groups excluding carboxylic acids is 2. The highest BCUT2D eigenvalue weighted by Crippen LogP contribution is 2.37. The molecule has 3 rings (SSSR count). The first-order valence-electron chi connectivity index (χ1n) is 7.51. The average Bonchev–Trinajstić information content (AvgIpc) is 2.94. The maximum absolute atomic E-state index is 12.3. The van der Waals surface area contributed by atoms with Gasteiger partial charge in [0.25, 0.3) is 0 Å². The molecule has 5 nitrogen and oxygen atoms in total. The molecule has 3 aliphatic heterocycles. The minimum Gasteiger partial charge on any atom is -0.342 e. The Morgan fingerprint density at radius 2 is 2.10 bits per heavy atom. The summed E-state index contributed by atoms with van der Waals surface area (Å²) in [5.74, 6) is 0.402. The Balaban J connectivity index is 0.00000147. The van der Waals surface area contributed by atoms with Crippen molar-refractivity contribution in [3.05, 3.63) is 0 Å². The van der Waals surface area contributed by atoms with Gasteiger partial charge in [-0.25, -0.2) is 0 Å². The summed E-state index contributed by atoms with van der Waals surface area (Å²) in [6.45, 7) is 1.40. The number of hydrogen-bond donors (Lipinski definition) is 1. The van der Waals surface area contributed by atoms with Crippen LogP contribution in [0.15, 0.2) is 0 Å². The zero-order valence-corrected chi connectivity index (χ0v) is 12.6. The zero-order valence-electron chi connectivity index (χ0n) is 11.8. The van der Waals surface area contributed by atoms with Crippen LogP contribution in [0.5, 0.6) is 0 Å². The van der Waals surface area contributed by atoms with E-state index >= 15 is 0 Å². The Labute approximate surface area is 126 Å². The number of nitrogens with zero attached hydrogens (tertiary/aromatic N) is 2. The van der Waals surface area contributed by atoms with Crippen molar-refractivity contribution in [1.29, 1.82) is 0 Å². The standard InChI is InChI=1S/C14H23N3O2.ClH/c15-11-9-10-4-5-12(11)17(10)14(19)6-8-16-7-2-1-3-13(16)18;/h10-12H,1-9,15H2;1H/t10-,11+,12+;/m1./s1. The number of carbonyl (C=O) groups is 2. The van der Waals surface area contributed by atoms with Gasteiger partial charge >= 0.3 is 0 Å². The minimum atomic E-state index is 0. The SMILES string of the molecule is Cl.N[C@H]1C[C@H]2CC[C@@H]1N2C(=O)CCN1CCCCC1=O. The summed E-state index contributed by atoms with van der Waals surface area (Å²) in [4.78, 5) is 27.9. The highest BCUT2D eigenvalue weighted by atomic mass is 35.5. The van der Waals surface area contributed by atoms with Gasteiger partial charge in [-0.2, -0.15) is 0 Å². The number of fused-ring (bicyclic) bond motifs is 2. The number of amides is 2. The van der Waals surface area contributed by atoms with E-state index in [9.17, 15) is 9.59 Å². The van der Waals surface area contributed by atoms with E-state index in [0.29, 0.717) is 25.4 Å². The van der Waals surface area contributed by atoms with Crippen LogP contribution in [0.25, 0.3) is 0 Å². The van der Waals surface area contributed by atoms with Gasteiger partial charge < -0.3 is 15.5 Å². The molecule has 0 aromatic carbocycles. The molecule has 3 fully saturated rings. The maximum atomic E-state index is 12.3. The molecule has 0 aliphatic carbocycles. The third kappa shape index (κ3) is 2.79. The molecule has 2 amide bonds. The molecular weight excluding hydrogens is 278 g/mol. The molecule has 2 N–H and O–H groups in total. The Kier molecular flexibility index (Phi) is 4.91. The van der Waals surface area contributed by atoms with Crippen molar-refractivity contribution < 1.29 is 9.59 Å². The smallest absolute Gasteiger partial charge is 0.224 e. The van der Waals surface area contributed by atoms with Crippen molar-refractivity contribution in [3.8, 4) is 0 Å². The van der Waals surface area contributed by atoms with Gasteiger partial charge in [-0.05, 0) is 32.1 Å². The topological polar surface area (TPSA) is 66.6 Å². The van der Waals surface area contributed by atoms with E-state index in [1.165, 1.54) is 0 Å². The molecule has 3 atom stereocenters. The normalized spacial score (nSPS) is 32.5. The molecule has 3 saturated heterocycles. The van der Waals surface area contributed by atoms with Gasteiger partial charge in [0.1, 0.15) is 0 Å². The highest BCUT2D eigenvalue weighted by molar-refractivity contribution is 5.85. The fraction of sp³-hybridized carbons (Fsp3) is 0.857. The van der Waals surface area contributed by atoms with E-state index in [0.717, 1.165) is 38.6 Å². The molecule has 0 unspecified atom stereocenters. The second-order valence-electron chi connectivity index (χ2n) is 6.09. The predicted molar refractivity (Wildman–Crippen MR) is 78.5 cm³/mol. The molecule has 0 spiro atoms. The lowest BCUT2D eigenvalue weighted by Crippen LogP contribution is -2.43. The number of piperidine rings is 1. The van der Waals surface area contributed by atoms with Gasteiger partial charge in [0.2, 0.25) is 11.8 Å². The van der Waals surface area contributed by atoms with Crippen LogP contribution in [0, 0.1) is 0 Å². The van der Waals surface area contributed by atoms with Gasteiger partial charge in [-0.1, -0.05) is 0 Å². The summed E-state index contributed by atoms with van der Waals surface area (Å²) in [6.07, 6.45) is 6.29. The largest absolute Gasteiger partial charge is 0.342 e. The zero-order chi connectivity index (χ0) is 13.4. The van der Waals surface area contributed by atoms with Crippen LogP contribution in [0.4, 0.5) is 0 Å². The molecule has 6 heteroatoms. The molecule has 0 aromatic heterocycles.